The van der Waals surface area contributed by atoms with Crippen LogP contribution in [0.25, 0.3) is 0 Å². The fourth-order valence-corrected chi connectivity index (χ4v) is 1.73. The first-order valence-electron chi connectivity index (χ1n) is 6.60. The molecule has 3 nitrogen and oxygen atoms in total. The molecular formula is C15H23NO2. The molecule has 0 unspecified atom stereocenters. The van der Waals surface area contributed by atoms with Gasteiger partial charge in [-0.05, 0) is 24.0 Å². The Morgan fingerprint density at radius 3 is 2.72 bits per heavy atom. The summed E-state index contributed by atoms with van der Waals surface area (Å²) in [4.78, 5) is 11.4. The van der Waals surface area contributed by atoms with E-state index in [1.165, 1.54) is 5.56 Å². The number of carbonyl (C=O) groups excluding carboxylic acids is 1. The molecule has 0 fully saturated rings. The average Bonchev–Trinajstić information content (AvgIpc) is 2.34. The summed E-state index contributed by atoms with van der Waals surface area (Å²) < 4.78 is 5.67. The second-order valence-corrected chi connectivity index (χ2v) is 4.76. The summed E-state index contributed by atoms with van der Waals surface area (Å²) in [7, 11) is 0. The van der Waals surface area contributed by atoms with E-state index in [0.29, 0.717) is 25.5 Å². The van der Waals surface area contributed by atoms with Gasteiger partial charge in [-0.2, -0.15) is 0 Å². The number of amides is 1. The van der Waals surface area contributed by atoms with Gasteiger partial charge in [-0.25, -0.2) is 0 Å². The molecule has 1 N–H and O–H groups in total. The van der Waals surface area contributed by atoms with E-state index >= 15 is 0 Å². The minimum Gasteiger partial charge on any atom is -0.491 e. The first-order valence-corrected chi connectivity index (χ1v) is 6.60. The van der Waals surface area contributed by atoms with E-state index in [-0.39, 0.29) is 5.91 Å². The van der Waals surface area contributed by atoms with Crippen LogP contribution in [0.5, 0.6) is 5.75 Å². The molecule has 1 aromatic rings. The van der Waals surface area contributed by atoms with Gasteiger partial charge < -0.3 is 10.1 Å². The van der Waals surface area contributed by atoms with Gasteiger partial charge in [0.05, 0.1) is 6.54 Å². The minimum absolute atomic E-state index is 0.0948. The van der Waals surface area contributed by atoms with Gasteiger partial charge in [-0.15, -0.1) is 0 Å². The number of ether oxygens (including phenoxy) is 1. The van der Waals surface area contributed by atoms with E-state index in [9.17, 15) is 4.79 Å². The van der Waals surface area contributed by atoms with E-state index in [4.69, 9.17) is 4.74 Å². The number of rotatable bonds is 7. The van der Waals surface area contributed by atoms with Gasteiger partial charge in [-0.1, -0.05) is 39.0 Å². The highest BCUT2D eigenvalue weighted by Gasteiger charge is 2.04. The van der Waals surface area contributed by atoms with Gasteiger partial charge in [0.2, 0.25) is 5.91 Å². The van der Waals surface area contributed by atoms with Crippen LogP contribution in [0.1, 0.15) is 32.8 Å². The molecule has 0 saturated carbocycles. The Morgan fingerprint density at radius 1 is 1.33 bits per heavy atom. The summed E-state index contributed by atoms with van der Waals surface area (Å²) in [5.41, 5.74) is 1.20. The predicted molar refractivity (Wildman–Crippen MR) is 73.8 cm³/mol. The van der Waals surface area contributed by atoms with E-state index in [1.807, 2.05) is 32.0 Å². The largest absolute Gasteiger partial charge is 0.491 e. The molecule has 18 heavy (non-hydrogen) atoms. The molecule has 0 bridgehead atoms. The average molecular weight is 249 g/mol. The van der Waals surface area contributed by atoms with Crippen molar-refractivity contribution in [1.82, 2.24) is 5.32 Å². The van der Waals surface area contributed by atoms with Crippen LogP contribution in [0.2, 0.25) is 0 Å². The first kappa shape index (κ1) is 14.6. The van der Waals surface area contributed by atoms with Crippen molar-refractivity contribution in [2.24, 2.45) is 5.92 Å². The molecular weight excluding hydrogens is 226 g/mol. The van der Waals surface area contributed by atoms with E-state index in [1.54, 1.807) is 0 Å². The third-order valence-corrected chi connectivity index (χ3v) is 2.63. The van der Waals surface area contributed by atoms with Crippen LogP contribution in [0.4, 0.5) is 0 Å². The van der Waals surface area contributed by atoms with Crippen LogP contribution >= 0.6 is 0 Å². The number of hydrogen-bond acceptors (Lipinski definition) is 2. The number of aryl methyl sites for hydroxylation is 1. The maximum Gasteiger partial charge on any atom is 0.220 e. The molecule has 1 amide bonds. The quantitative estimate of drug-likeness (QED) is 0.755. The maximum absolute atomic E-state index is 11.4. The molecule has 0 aliphatic heterocycles. The lowest BCUT2D eigenvalue weighted by atomic mass is 10.1. The standard InChI is InChI=1S/C15H23NO2/c1-4-13-7-5-6-8-14(13)18-10-9-16-15(17)11-12(2)3/h5-8,12H,4,9-11H2,1-3H3,(H,16,17). The SMILES string of the molecule is CCc1ccccc1OCCNC(=O)CC(C)C. The van der Waals surface area contributed by atoms with Crippen LogP contribution in [-0.2, 0) is 11.2 Å². The number of para-hydroxylation sites is 1. The molecule has 0 spiro atoms. The highest BCUT2D eigenvalue weighted by Crippen LogP contribution is 2.17. The number of carbonyl (C=O) groups is 1. The topological polar surface area (TPSA) is 38.3 Å². The van der Waals surface area contributed by atoms with Crippen LogP contribution in [0.15, 0.2) is 24.3 Å². The second kappa shape index (κ2) is 7.75. The maximum atomic E-state index is 11.4. The normalized spacial score (nSPS) is 10.4. The van der Waals surface area contributed by atoms with Crippen molar-refractivity contribution < 1.29 is 9.53 Å². The molecule has 0 atom stereocenters. The molecule has 0 radical (unpaired) electrons. The van der Waals surface area contributed by atoms with Crippen molar-refractivity contribution in [2.75, 3.05) is 13.2 Å². The Balaban J connectivity index is 2.27. The van der Waals surface area contributed by atoms with Crippen molar-refractivity contribution >= 4 is 5.91 Å². The molecule has 3 heteroatoms. The molecule has 100 valence electrons. The van der Waals surface area contributed by atoms with E-state index in [2.05, 4.69) is 18.3 Å². The molecule has 1 aromatic carbocycles. The van der Waals surface area contributed by atoms with Crippen LogP contribution < -0.4 is 10.1 Å². The summed E-state index contributed by atoms with van der Waals surface area (Å²) in [6, 6.07) is 8.00. The zero-order valence-electron chi connectivity index (χ0n) is 11.5. The van der Waals surface area contributed by atoms with Crippen LogP contribution in [-0.4, -0.2) is 19.1 Å². The van der Waals surface area contributed by atoms with Crippen molar-refractivity contribution in [2.45, 2.75) is 33.6 Å². The fraction of sp³-hybridized carbons (Fsp3) is 0.533. The zero-order valence-corrected chi connectivity index (χ0v) is 11.5. The summed E-state index contributed by atoms with van der Waals surface area (Å²) >= 11 is 0. The lowest BCUT2D eigenvalue weighted by Gasteiger charge is -2.11. The van der Waals surface area contributed by atoms with Gasteiger partial charge in [0.15, 0.2) is 0 Å². The highest BCUT2D eigenvalue weighted by molar-refractivity contribution is 5.75. The van der Waals surface area contributed by atoms with Crippen molar-refractivity contribution in [3.05, 3.63) is 29.8 Å². The number of nitrogens with one attached hydrogen (secondary N) is 1. The van der Waals surface area contributed by atoms with Crippen molar-refractivity contribution in [3.63, 3.8) is 0 Å². The van der Waals surface area contributed by atoms with Gasteiger partial charge in [0, 0.05) is 6.42 Å². The van der Waals surface area contributed by atoms with E-state index in [0.717, 1.165) is 12.2 Å². The summed E-state index contributed by atoms with van der Waals surface area (Å²) in [6.07, 6.45) is 1.53. The highest BCUT2D eigenvalue weighted by atomic mass is 16.5. The Labute approximate surface area is 110 Å². The van der Waals surface area contributed by atoms with Gasteiger partial charge in [0.25, 0.3) is 0 Å². The smallest absolute Gasteiger partial charge is 0.220 e. The van der Waals surface area contributed by atoms with Crippen LogP contribution in [0.3, 0.4) is 0 Å². The zero-order chi connectivity index (χ0) is 13.4. The predicted octanol–water partition coefficient (Wildman–Crippen LogP) is 2.79. The molecule has 0 aliphatic carbocycles. The fourth-order valence-electron chi connectivity index (χ4n) is 1.73. The third kappa shape index (κ3) is 5.21. The molecule has 0 aliphatic rings. The number of benzene rings is 1. The van der Waals surface area contributed by atoms with E-state index < -0.39 is 0 Å². The molecule has 1 rings (SSSR count). The Hall–Kier alpha value is -1.51. The van der Waals surface area contributed by atoms with Crippen molar-refractivity contribution in [1.29, 1.82) is 0 Å². The van der Waals surface area contributed by atoms with Crippen molar-refractivity contribution in [3.8, 4) is 5.75 Å². The summed E-state index contributed by atoms with van der Waals surface area (Å²) in [5.74, 6) is 1.40. The van der Waals surface area contributed by atoms with Gasteiger partial charge >= 0.3 is 0 Å². The van der Waals surface area contributed by atoms with Crippen LogP contribution in [0, 0.1) is 5.92 Å². The minimum atomic E-state index is 0.0948. The monoisotopic (exact) mass is 249 g/mol. The van der Waals surface area contributed by atoms with Gasteiger partial charge in [-0.3, -0.25) is 4.79 Å². The summed E-state index contributed by atoms with van der Waals surface area (Å²) in [6.45, 7) is 7.25. The molecule has 0 saturated heterocycles. The Kier molecular flexibility index (Phi) is 6.26. The third-order valence-electron chi connectivity index (χ3n) is 2.63. The second-order valence-electron chi connectivity index (χ2n) is 4.76. The van der Waals surface area contributed by atoms with Gasteiger partial charge in [0.1, 0.15) is 12.4 Å². The molecule has 0 aromatic heterocycles. The lowest BCUT2D eigenvalue weighted by Crippen LogP contribution is -2.28. The summed E-state index contributed by atoms with van der Waals surface area (Å²) in [5, 5.41) is 2.86. The molecule has 0 heterocycles. The lowest BCUT2D eigenvalue weighted by molar-refractivity contribution is -0.121. The first-order chi connectivity index (χ1) is 8.63. The number of hydrogen-bond donors (Lipinski definition) is 1. The Bertz CT molecular complexity index is 375. The Morgan fingerprint density at radius 2 is 2.06 bits per heavy atom.